The molecule has 0 unspecified atom stereocenters. The Morgan fingerprint density at radius 1 is 1.16 bits per heavy atom. The number of nitrogens with zero attached hydrogens (tertiary/aromatic N) is 2. The molecule has 0 aliphatic carbocycles. The lowest BCUT2D eigenvalue weighted by Gasteiger charge is -2.20. The molecule has 3 amide bonds. The second-order valence-electron chi connectivity index (χ2n) is 6.03. The fourth-order valence-corrected chi connectivity index (χ4v) is 3.08. The molecule has 0 saturated carbocycles. The molecule has 0 atom stereocenters. The van der Waals surface area contributed by atoms with Crippen LogP contribution in [0.1, 0.15) is 12.0 Å². The Hall–Kier alpha value is -2.47. The van der Waals surface area contributed by atoms with E-state index in [1.807, 2.05) is 18.2 Å². The van der Waals surface area contributed by atoms with Gasteiger partial charge in [-0.15, -0.1) is 0 Å². The number of ether oxygens (including phenoxy) is 1. The third kappa shape index (κ3) is 4.33. The summed E-state index contributed by atoms with van der Waals surface area (Å²) in [5.41, 5.74) is 7.10. The minimum Gasteiger partial charge on any atom is -0.488 e. The quantitative estimate of drug-likeness (QED) is 0.821. The van der Waals surface area contributed by atoms with Crippen molar-refractivity contribution >= 4 is 29.6 Å². The fourth-order valence-electron chi connectivity index (χ4n) is 2.90. The van der Waals surface area contributed by atoms with Crippen LogP contribution in [0.4, 0.5) is 4.79 Å². The van der Waals surface area contributed by atoms with E-state index in [1.54, 1.807) is 28.0 Å². The molecule has 3 rings (SSSR count). The Bertz CT molecular complexity index is 745. The summed E-state index contributed by atoms with van der Waals surface area (Å²) in [6.45, 7) is 2.56. The molecule has 25 heavy (non-hydrogen) atoms. The highest BCUT2D eigenvalue weighted by atomic mass is 35.5. The van der Waals surface area contributed by atoms with Gasteiger partial charge in [0.15, 0.2) is 0 Å². The van der Waals surface area contributed by atoms with Crippen LogP contribution >= 0.6 is 11.6 Å². The molecule has 7 heteroatoms. The van der Waals surface area contributed by atoms with Gasteiger partial charge < -0.3 is 20.3 Å². The maximum absolute atomic E-state index is 12.4. The number of carbonyl (C=O) groups is 2. The van der Waals surface area contributed by atoms with Crippen LogP contribution in [0.15, 0.2) is 35.9 Å². The summed E-state index contributed by atoms with van der Waals surface area (Å²) in [7, 11) is 0. The van der Waals surface area contributed by atoms with E-state index in [-0.39, 0.29) is 5.91 Å². The first-order valence-corrected chi connectivity index (χ1v) is 8.55. The molecule has 1 aromatic rings. The minimum atomic E-state index is -0.438. The summed E-state index contributed by atoms with van der Waals surface area (Å²) in [5.74, 6) is 0.705. The molecular weight excluding hydrogens is 342 g/mol. The first-order chi connectivity index (χ1) is 12.0. The average Bonchev–Trinajstić information content (AvgIpc) is 2.85. The van der Waals surface area contributed by atoms with Crippen molar-refractivity contribution in [1.82, 2.24) is 9.80 Å². The summed E-state index contributed by atoms with van der Waals surface area (Å²) in [4.78, 5) is 26.9. The summed E-state index contributed by atoms with van der Waals surface area (Å²) in [6, 6.07) is 5.01. The normalized spacial score (nSPS) is 17.6. The third-order valence-corrected chi connectivity index (χ3v) is 4.50. The van der Waals surface area contributed by atoms with E-state index in [0.29, 0.717) is 37.8 Å². The van der Waals surface area contributed by atoms with E-state index >= 15 is 0 Å². The lowest BCUT2D eigenvalue weighted by Crippen LogP contribution is -2.39. The molecule has 132 valence electrons. The van der Waals surface area contributed by atoms with Gasteiger partial charge in [-0.3, -0.25) is 4.79 Å². The van der Waals surface area contributed by atoms with Gasteiger partial charge in [0, 0.05) is 42.8 Å². The van der Waals surface area contributed by atoms with Crippen LogP contribution in [0.25, 0.3) is 6.08 Å². The Morgan fingerprint density at radius 2 is 1.92 bits per heavy atom. The molecule has 2 N–H and O–H groups in total. The van der Waals surface area contributed by atoms with E-state index in [1.165, 1.54) is 0 Å². The van der Waals surface area contributed by atoms with Gasteiger partial charge in [-0.25, -0.2) is 4.79 Å². The van der Waals surface area contributed by atoms with E-state index in [9.17, 15) is 9.59 Å². The van der Waals surface area contributed by atoms with Crippen LogP contribution in [0.3, 0.4) is 0 Å². The molecular formula is C18H20ClN3O3. The lowest BCUT2D eigenvalue weighted by molar-refractivity contribution is -0.125. The number of urea groups is 1. The van der Waals surface area contributed by atoms with Gasteiger partial charge >= 0.3 is 6.03 Å². The Morgan fingerprint density at radius 3 is 2.72 bits per heavy atom. The highest BCUT2D eigenvalue weighted by Crippen LogP contribution is 2.29. The van der Waals surface area contributed by atoms with Crippen molar-refractivity contribution in [1.29, 1.82) is 0 Å². The number of primary amides is 1. The Balaban J connectivity index is 1.64. The number of rotatable bonds is 2. The second-order valence-corrected chi connectivity index (χ2v) is 6.46. The molecule has 1 aromatic carbocycles. The lowest BCUT2D eigenvalue weighted by atomic mass is 10.1. The van der Waals surface area contributed by atoms with Crippen molar-refractivity contribution in [3.8, 4) is 5.75 Å². The topological polar surface area (TPSA) is 75.9 Å². The number of hydrogen-bond donors (Lipinski definition) is 1. The average molecular weight is 362 g/mol. The molecule has 6 nitrogen and oxygen atoms in total. The predicted octanol–water partition coefficient (Wildman–Crippen LogP) is 2.29. The van der Waals surface area contributed by atoms with E-state index in [4.69, 9.17) is 22.1 Å². The molecule has 0 radical (unpaired) electrons. The summed E-state index contributed by atoms with van der Waals surface area (Å²) < 4.78 is 5.67. The zero-order valence-corrected chi connectivity index (χ0v) is 14.5. The highest BCUT2D eigenvalue weighted by molar-refractivity contribution is 6.30. The van der Waals surface area contributed by atoms with Crippen molar-refractivity contribution in [3.05, 3.63) is 46.5 Å². The minimum absolute atomic E-state index is 0.0795. The maximum Gasteiger partial charge on any atom is 0.314 e. The molecule has 1 saturated heterocycles. The van der Waals surface area contributed by atoms with Gasteiger partial charge in [-0.1, -0.05) is 17.7 Å². The van der Waals surface area contributed by atoms with Crippen LogP contribution in [0.2, 0.25) is 5.02 Å². The Labute approximate surface area is 151 Å². The third-order valence-electron chi connectivity index (χ3n) is 4.27. The summed E-state index contributed by atoms with van der Waals surface area (Å²) in [6.07, 6.45) is 6.00. The van der Waals surface area contributed by atoms with Crippen molar-refractivity contribution < 1.29 is 14.3 Å². The predicted molar refractivity (Wildman–Crippen MR) is 96.4 cm³/mol. The molecule has 0 bridgehead atoms. The van der Waals surface area contributed by atoms with Crippen LogP contribution in [-0.2, 0) is 4.79 Å². The number of amides is 3. The number of halogens is 1. The van der Waals surface area contributed by atoms with Crippen molar-refractivity contribution in [2.75, 3.05) is 32.8 Å². The van der Waals surface area contributed by atoms with E-state index in [0.717, 1.165) is 23.3 Å². The molecule has 1 fully saturated rings. The van der Waals surface area contributed by atoms with Gasteiger partial charge in [0.25, 0.3) is 0 Å². The highest BCUT2D eigenvalue weighted by Gasteiger charge is 2.19. The number of fused-ring (bicyclic) bond motifs is 1. The Kier molecular flexibility index (Phi) is 5.28. The van der Waals surface area contributed by atoms with Crippen molar-refractivity contribution in [2.24, 2.45) is 5.73 Å². The van der Waals surface area contributed by atoms with Gasteiger partial charge in [0.1, 0.15) is 12.4 Å². The van der Waals surface area contributed by atoms with Gasteiger partial charge in [0.05, 0.1) is 0 Å². The van der Waals surface area contributed by atoms with Gasteiger partial charge in [0.2, 0.25) is 5.91 Å². The zero-order valence-electron chi connectivity index (χ0n) is 13.8. The molecule has 0 spiro atoms. The maximum atomic E-state index is 12.4. The molecule has 2 heterocycles. The first kappa shape index (κ1) is 17.4. The fraction of sp³-hybridized carbons (Fsp3) is 0.333. The number of hydrogen-bond acceptors (Lipinski definition) is 3. The molecule has 2 aliphatic heterocycles. The van der Waals surface area contributed by atoms with E-state index in [2.05, 4.69) is 0 Å². The second kappa shape index (κ2) is 7.61. The van der Waals surface area contributed by atoms with Crippen molar-refractivity contribution in [3.63, 3.8) is 0 Å². The number of benzene rings is 1. The summed E-state index contributed by atoms with van der Waals surface area (Å²) >= 11 is 6.00. The monoisotopic (exact) mass is 361 g/mol. The number of nitrogens with two attached hydrogens (primary N) is 1. The van der Waals surface area contributed by atoms with Crippen LogP contribution in [0.5, 0.6) is 5.75 Å². The van der Waals surface area contributed by atoms with E-state index < -0.39 is 6.03 Å². The zero-order chi connectivity index (χ0) is 17.8. The molecule has 0 aromatic heterocycles. The van der Waals surface area contributed by atoms with Crippen molar-refractivity contribution in [2.45, 2.75) is 6.42 Å². The first-order valence-electron chi connectivity index (χ1n) is 8.17. The van der Waals surface area contributed by atoms with Gasteiger partial charge in [-0.05, 0) is 36.3 Å². The smallest absolute Gasteiger partial charge is 0.314 e. The van der Waals surface area contributed by atoms with Gasteiger partial charge in [-0.2, -0.15) is 0 Å². The SMILES string of the molecule is NC(=O)N1CCCN(C(=O)C=CC2=Cc3cc(Cl)ccc3OC2)CC1. The number of carbonyl (C=O) groups excluding carboxylic acids is 2. The largest absolute Gasteiger partial charge is 0.488 e. The standard InChI is InChI=1S/C18H20ClN3O3/c19-15-3-4-16-14(11-15)10-13(12-25-16)2-5-17(23)21-6-1-7-22(9-8-21)18(20)24/h2-5,10-11H,1,6-9,12H2,(H2,20,24). The molecule has 2 aliphatic rings. The van der Waals surface area contributed by atoms with Crippen LogP contribution in [0, 0.1) is 0 Å². The summed E-state index contributed by atoms with van der Waals surface area (Å²) in [5, 5.41) is 0.642. The van der Waals surface area contributed by atoms with Crippen LogP contribution < -0.4 is 10.5 Å². The van der Waals surface area contributed by atoms with Crippen LogP contribution in [-0.4, -0.2) is 54.5 Å².